The van der Waals surface area contributed by atoms with Crippen molar-refractivity contribution in [3.63, 3.8) is 0 Å². The van der Waals surface area contributed by atoms with Crippen LogP contribution in [-0.2, 0) is 26.0 Å². The third-order valence-electron chi connectivity index (χ3n) is 5.84. The van der Waals surface area contributed by atoms with Gasteiger partial charge in [-0.2, -0.15) is 4.31 Å². The Balaban J connectivity index is 1.57. The van der Waals surface area contributed by atoms with Crippen LogP contribution >= 0.6 is 0 Å². The number of sulfonamides is 1. The number of carbonyl (C=O) groups is 1. The molecule has 6 nitrogen and oxygen atoms in total. The fourth-order valence-electron chi connectivity index (χ4n) is 4.19. The highest BCUT2D eigenvalue weighted by atomic mass is 32.2. The van der Waals surface area contributed by atoms with Crippen molar-refractivity contribution in [3.8, 4) is 0 Å². The maximum absolute atomic E-state index is 12.7. The fraction of sp³-hybridized carbons (Fsp3) is 0.667. The van der Waals surface area contributed by atoms with Crippen LogP contribution in [0.1, 0.15) is 51.0 Å². The second-order valence-electron chi connectivity index (χ2n) is 7.63. The Morgan fingerprint density at radius 1 is 1.11 bits per heavy atom. The molecule has 1 aromatic carbocycles. The number of morpholine rings is 1. The van der Waals surface area contributed by atoms with Crippen LogP contribution < -0.4 is 0 Å². The standard InChI is InChI=1S/C21H32N2O4S/c1-2-23(19-6-4-3-5-7-19)21(24)13-10-18-8-11-20(12-9-18)28(25,26)22-14-16-27-17-15-22/h8-9,11-12,19H,2-7,10,13-17H2,1H3. The SMILES string of the molecule is CCN(C(=O)CCc1ccc(S(=O)(=O)N2CCOCC2)cc1)C1CCCCC1. The summed E-state index contributed by atoms with van der Waals surface area (Å²) in [5.41, 5.74) is 0.994. The minimum atomic E-state index is -3.46. The van der Waals surface area contributed by atoms with Gasteiger partial charge < -0.3 is 9.64 Å². The number of nitrogens with zero attached hydrogens (tertiary/aromatic N) is 2. The molecule has 3 rings (SSSR count). The molecule has 0 atom stereocenters. The van der Waals surface area contributed by atoms with Crippen molar-refractivity contribution in [3.05, 3.63) is 29.8 Å². The molecule has 28 heavy (non-hydrogen) atoms. The Bertz CT molecular complexity index is 736. The number of benzene rings is 1. The van der Waals surface area contributed by atoms with E-state index in [9.17, 15) is 13.2 Å². The number of ether oxygens (including phenoxy) is 1. The normalized spacial score (nSPS) is 19.5. The Labute approximate surface area is 168 Å². The monoisotopic (exact) mass is 408 g/mol. The van der Waals surface area contributed by atoms with Crippen LogP contribution in [0.2, 0.25) is 0 Å². The highest BCUT2D eigenvalue weighted by molar-refractivity contribution is 7.89. The minimum Gasteiger partial charge on any atom is -0.379 e. The van der Waals surface area contributed by atoms with Gasteiger partial charge in [0.25, 0.3) is 0 Å². The van der Waals surface area contributed by atoms with E-state index in [2.05, 4.69) is 6.92 Å². The summed E-state index contributed by atoms with van der Waals surface area (Å²) in [5.74, 6) is 0.208. The molecule has 2 fully saturated rings. The number of aryl methyl sites for hydroxylation is 1. The predicted molar refractivity (Wildman–Crippen MR) is 109 cm³/mol. The van der Waals surface area contributed by atoms with Gasteiger partial charge in [0.05, 0.1) is 18.1 Å². The second kappa shape index (κ2) is 9.85. The van der Waals surface area contributed by atoms with E-state index in [1.54, 1.807) is 12.1 Å². The van der Waals surface area contributed by atoms with Crippen molar-refractivity contribution in [2.45, 2.75) is 62.8 Å². The summed E-state index contributed by atoms with van der Waals surface area (Å²) in [6.07, 6.45) is 7.06. The third-order valence-corrected chi connectivity index (χ3v) is 7.75. The molecule has 1 saturated heterocycles. The van der Waals surface area contributed by atoms with E-state index in [-0.39, 0.29) is 5.91 Å². The molecule has 0 aromatic heterocycles. The molecule has 1 aliphatic heterocycles. The van der Waals surface area contributed by atoms with Crippen LogP contribution in [0.5, 0.6) is 0 Å². The number of rotatable bonds is 7. The van der Waals surface area contributed by atoms with Gasteiger partial charge in [0.15, 0.2) is 0 Å². The minimum absolute atomic E-state index is 0.208. The van der Waals surface area contributed by atoms with Crippen LogP contribution in [-0.4, -0.2) is 62.4 Å². The van der Waals surface area contributed by atoms with Crippen molar-refractivity contribution < 1.29 is 17.9 Å². The molecule has 7 heteroatoms. The third kappa shape index (κ3) is 5.13. The topological polar surface area (TPSA) is 66.9 Å². The van der Waals surface area contributed by atoms with E-state index < -0.39 is 10.0 Å². The van der Waals surface area contributed by atoms with Gasteiger partial charge in [-0.3, -0.25) is 4.79 Å². The number of amides is 1. The highest BCUT2D eigenvalue weighted by Crippen LogP contribution is 2.23. The van der Waals surface area contributed by atoms with Gasteiger partial charge in [-0.05, 0) is 43.9 Å². The first kappa shape index (κ1) is 21.3. The molecule has 1 heterocycles. The smallest absolute Gasteiger partial charge is 0.243 e. The predicted octanol–water partition coefficient (Wildman–Crippen LogP) is 2.82. The fourth-order valence-corrected chi connectivity index (χ4v) is 5.60. The molecular formula is C21H32N2O4S. The average Bonchev–Trinajstić information content (AvgIpc) is 2.74. The number of hydrogen-bond acceptors (Lipinski definition) is 4. The molecule has 1 aromatic rings. The summed E-state index contributed by atoms with van der Waals surface area (Å²) in [7, 11) is -3.46. The second-order valence-corrected chi connectivity index (χ2v) is 9.57. The molecular weight excluding hydrogens is 376 g/mol. The molecule has 0 radical (unpaired) electrons. The lowest BCUT2D eigenvalue weighted by Gasteiger charge is -2.33. The molecule has 1 saturated carbocycles. The van der Waals surface area contributed by atoms with Crippen molar-refractivity contribution >= 4 is 15.9 Å². The molecule has 1 aliphatic carbocycles. The van der Waals surface area contributed by atoms with Crippen LogP contribution in [0.15, 0.2) is 29.2 Å². The van der Waals surface area contributed by atoms with Gasteiger partial charge in [-0.25, -0.2) is 8.42 Å². The van der Waals surface area contributed by atoms with Crippen molar-refractivity contribution in [2.24, 2.45) is 0 Å². The Hall–Kier alpha value is -1.44. The van der Waals surface area contributed by atoms with Gasteiger partial charge in [0.2, 0.25) is 15.9 Å². The first-order valence-electron chi connectivity index (χ1n) is 10.5. The van der Waals surface area contributed by atoms with Gasteiger partial charge >= 0.3 is 0 Å². The van der Waals surface area contributed by atoms with Crippen LogP contribution in [0.25, 0.3) is 0 Å². The summed E-state index contributed by atoms with van der Waals surface area (Å²) < 4.78 is 32.1. The summed E-state index contributed by atoms with van der Waals surface area (Å²) >= 11 is 0. The van der Waals surface area contributed by atoms with Crippen molar-refractivity contribution in [1.82, 2.24) is 9.21 Å². The molecule has 0 unspecified atom stereocenters. The van der Waals surface area contributed by atoms with E-state index >= 15 is 0 Å². The maximum atomic E-state index is 12.7. The number of hydrogen-bond donors (Lipinski definition) is 0. The van der Waals surface area contributed by atoms with Gasteiger partial charge in [-0.15, -0.1) is 0 Å². The van der Waals surface area contributed by atoms with Crippen LogP contribution in [0.3, 0.4) is 0 Å². The van der Waals surface area contributed by atoms with E-state index in [4.69, 9.17) is 4.74 Å². The highest BCUT2D eigenvalue weighted by Gasteiger charge is 2.26. The molecule has 156 valence electrons. The zero-order valence-corrected chi connectivity index (χ0v) is 17.6. The van der Waals surface area contributed by atoms with Crippen molar-refractivity contribution in [2.75, 3.05) is 32.8 Å². The number of carbonyl (C=O) groups excluding carboxylic acids is 1. The Morgan fingerprint density at radius 3 is 2.36 bits per heavy atom. The van der Waals surface area contributed by atoms with E-state index in [0.717, 1.165) is 24.9 Å². The Morgan fingerprint density at radius 2 is 1.75 bits per heavy atom. The molecule has 1 amide bonds. The lowest BCUT2D eigenvalue weighted by molar-refractivity contribution is -0.133. The quantitative estimate of drug-likeness (QED) is 0.696. The Kier molecular flexibility index (Phi) is 7.48. The molecule has 0 bridgehead atoms. The van der Waals surface area contributed by atoms with E-state index in [1.165, 1.54) is 23.6 Å². The molecule has 2 aliphatic rings. The zero-order valence-electron chi connectivity index (χ0n) is 16.8. The summed E-state index contributed by atoms with van der Waals surface area (Å²) in [5, 5.41) is 0. The van der Waals surface area contributed by atoms with Crippen molar-refractivity contribution in [1.29, 1.82) is 0 Å². The van der Waals surface area contributed by atoms with Crippen LogP contribution in [0, 0.1) is 0 Å². The first-order chi connectivity index (χ1) is 13.5. The van der Waals surface area contributed by atoms with Crippen LogP contribution in [0.4, 0.5) is 0 Å². The lowest BCUT2D eigenvalue weighted by Crippen LogP contribution is -2.41. The summed E-state index contributed by atoms with van der Waals surface area (Å²) in [4.78, 5) is 15.0. The largest absolute Gasteiger partial charge is 0.379 e. The van der Waals surface area contributed by atoms with Gasteiger partial charge in [-0.1, -0.05) is 31.4 Å². The van der Waals surface area contributed by atoms with E-state index in [0.29, 0.717) is 50.1 Å². The maximum Gasteiger partial charge on any atom is 0.243 e. The first-order valence-corrected chi connectivity index (χ1v) is 11.9. The molecule has 0 spiro atoms. The molecule has 0 N–H and O–H groups in total. The summed E-state index contributed by atoms with van der Waals surface area (Å²) in [6, 6.07) is 7.37. The van der Waals surface area contributed by atoms with Gasteiger partial charge in [0, 0.05) is 32.1 Å². The lowest BCUT2D eigenvalue weighted by atomic mass is 9.94. The zero-order chi connectivity index (χ0) is 20.0. The van der Waals surface area contributed by atoms with E-state index in [1.807, 2.05) is 17.0 Å². The van der Waals surface area contributed by atoms with Gasteiger partial charge in [0.1, 0.15) is 0 Å². The summed E-state index contributed by atoms with van der Waals surface area (Å²) in [6.45, 7) is 4.49. The average molecular weight is 409 g/mol.